The van der Waals surface area contributed by atoms with E-state index in [4.69, 9.17) is 4.74 Å². The Bertz CT molecular complexity index is 879. The van der Waals surface area contributed by atoms with Gasteiger partial charge in [-0.05, 0) is 26.8 Å². The zero-order valence-corrected chi connectivity index (χ0v) is 15.3. The van der Waals surface area contributed by atoms with Gasteiger partial charge in [0.25, 0.3) is 5.69 Å². The Morgan fingerprint density at radius 2 is 2.19 bits per heavy atom. The molecule has 2 heterocycles. The molecular weight excluding hydrogens is 354 g/mol. The topological polar surface area (TPSA) is 124 Å². The number of carboxylic acids is 1. The number of nitrogens with zero attached hydrogens (tertiary/aromatic N) is 5. The third-order valence-corrected chi connectivity index (χ3v) is 4.43. The second kappa shape index (κ2) is 7.31. The lowest BCUT2D eigenvalue weighted by atomic mass is 10.1. The first-order chi connectivity index (χ1) is 12.8. The fourth-order valence-electron chi connectivity index (χ4n) is 3.15. The smallest absolute Gasteiger partial charge is 0.322 e. The standard InChI is InChI=1S/C17H21N5O5/c1-10(2)27-15-5-4-13(22(25)26)6-12(15)7-20-9-16-19-18-11(3)21(16)8-14(20)17(23)24/h4-6,10,14H,7-9H2,1-3H3,(H,23,24). The first-order valence-corrected chi connectivity index (χ1v) is 8.55. The molecule has 0 amide bonds. The van der Waals surface area contributed by atoms with Gasteiger partial charge in [0.05, 0.1) is 24.1 Å². The van der Waals surface area contributed by atoms with Crippen LogP contribution in [0.5, 0.6) is 5.75 Å². The summed E-state index contributed by atoms with van der Waals surface area (Å²) in [6.07, 6.45) is -0.118. The number of nitro groups is 1. The fraction of sp³-hybridized carbons (Fsp3) is 0.471. The highest BCUT2D eigenvalue weighted by atomic mass is 16.6. The van der Waals surface area contributed by atoms with E-state index in [9.17, 15) is 20.0 Å². The molecule has 0 bridgehead atoms. The Morgan fingerprint density at radius 1 is 1.44 bits per heavy atom. The monoisotopic (exact) mass is 375 g/mol. The Labute approximate surface area is 155 Å². The molecule has 0 saturated heterocycles. The van der Waals surface area contributed by atoms with E-state index in [-0.39, 0.29) is 31.4 Å². The van der Waals surface area contributed by atoms with Crippen molar-refractivity contribution >= 4 is 11.7 Å². The van der Waals surface area contributed by atoms with Crippen molar-refractivity contribution in [1.82, 2.24) is 19.7 Å². The number of nitro benzene ring substituents is 1. The number of ether oxygens (including phenoxy) is 1. The molecule has 0 fully saturated rings. The van der Waals surface area contributed by atoms with Gasteiger partial charge in [-0.1, -0.05) is 0 Å². The number of carbonyl (C=O) groups is 1. The molecule has 1 unspecified atom stereocenters. The molecule has 1 N–H and O–H groups in total. The molecule has 27 heavy (non-hydrogen) atoms. The zero-order chi connectivity index (χ0) is 19.7. The minimum atomic E-state index is -0.967. The average Bonchev–Trinajstić information content (AvgIpc) is 2.95. The summed E-state index contributed by atoms with van der Waals surface area (Å²) in [5.74, 6) is 0.866. The van der Waals surface area contributed by atoms with E-state index in [0.29, 0.717) is 23.0 Å². The molecule has 1 aromatic heterocycles. The first kappa shape index (κ1) is 18.8. The van der Waals surface area contributed by atoms with E-state index >= 15 is 0 Å². The minimum Gasteiger partial charge on any atom is -0.491 e. The van der Waals surface area contributed by atoms with E-state index in [1.807, 2.05) is 13.8 Å². The van der Waals surface area contributed by atoms with Crippen molar-refractivity contribution in [1.29, 1.82) is 0 Å². The molecule has 1 aromatic carbocycles. The van der Waals surface area contributed by atoms with Crippen LogP contribution < -0.4 is 4.74 Å². The minimum absolute atomic E-state index is 0.0657. The van der Waals surface area contributed by atoms with Crippen LogP contribution in [0.15, 0.2) is 18.2 Å². The second-order valence-electron chi connectivity index (χ2n) is 6.75. The molecule has 0 aliphatic carbocycles. The maximum atomic E-state index is 11.8. The number of non-ortho nitro benzene ring substituents is 1. The summed E-state index contributed by atoms with van der Waals surface area (Å²) in [6.45, 7) is 6.18. The Hall–Kier alpha value is -3.01. The van der Waals surface area contributed by atoms with Crippen molar-refractivity contribution in [2.45, 2.75) is 52.6 Å². The van der Waals surface area contributed by atoms with Crippen LogP contribution in [0.25, 0.3) is 0 Å². The summed E-state index contributed by atoms with van der Waals surface area (Å²) in [5.41, 5.74) is 0.498. The summed E-state index contributed by atoms with van der Waals surface area (Å²) < 4.78 is 7.55. The lowest BCUT2D eigenvalue weighted by Gasteiger charge is -2.33. The molecule has 2 aromatic rings. The van der Waals surface area contributed by atoms with Gasteiger partial charge in [0, 0.05) is 24.2 Å². The number of hydrogen-bond acceptors (Lipinski definition) is 7. The Morgan fingerprint density at radius 3 is 2.81 bits per heavy atom. The predicted octanol–water partition coefficient (Wildman–Crippen LogP) is 1.75. The Kier molecular flexibility index (Phi) is 5.08. The van der Waals surface area contributed by atoms with Gasteiger partial charge in [0.1, 0.15) is 23.4 Å². The van der Waals surface area contributed by atoms with Gasteiger partial charge in [-0.2, -0.15) is 0 Å². The average molecular weight is 375 g/mol. The molecule has 10 nitrogen and oxygen atoms in total. The number of aliphatic carboxylic acids is 1. The molecule has 0 radical (unpaired) electrons. The highest BCUT2D eigenvalue weighted by Gasteiger charge is 2.34. The van der Waals surface area contributed by atoms with Gasteiger partial charge in [-0.15, -0.1) is 10.2 Å². The van der Waals surface area contributed by atoms with Crippen molar-refractivity contribution in [2.24, 2.45) is 0 Å². The van der Waals surface area contributed by atoms with Crippen LogP contribution in [0.1, 0.15) is 31.1 Å². The summed E-state index contributed by atoms with van der Waals surface area (Å²) in [4.78, 5) is 24.2. The molecule has 1 aliphatic rings. The third kappa shape index (κ3) is 3.90. The van der Waals surface area contributed by atoms with Crippen LogP contribution in [-0.4, -0.2) is 47.8 Å². The molecule has 1 atom stereocenters. The number of hydrogen-bond donors (Lipinski definition) is 1. The van der Waals surface area contributed by atoms with Crippen LogP contribution >= 0.6 is 0 Å². The fourth-order valence-corrected chi connectivity index (χ4v) is 3.15. The van der Waals surface area contributed by atoms with Crippen LogP contribution in [0.3, 0.4) is 0 Å². The van der Waals surface area contributed by atoms with Crippen molar-refractivity contribution in [2.75, 3.05) is 0 Å². The molecule has 0 spiro atoms. The number of aromatic nitrogens is 3. The number of aryl methyl sites for hydroxylation is 1. The van der Waals surface area contributed by atoms with E-state index < -0.39 is 16.9 Å². The van der Waals surface area contributed by atoms with Crippen LogP contribution in [-0.2, 0) is 24.4 Å². The Balaban J connectivity index is 1.95. The normalized spacial score (nSPS) is 17.0. The number of rotatable bonds is 6. The third-order valence-electron chi connectivity index (χ3n) is 4.43. The summed E-state index contributed by atoms with van der Waals surface area (Å²) in [7, 11) is 0. The van der Waals surface area contributed by atoms with Gasteiger partial charge >= 0.3 is 5.97 Å². The highest BCUT2D eigenvalue weighted by Crippen LogP contribution is 2.29. The highest BCUT2D eigenvalue weighted by molar-refractivity contribution is 5.73. The lowest BCUT2D eigenvalue weighted by molar-refractivity contribution is -0.385. The van der Waals surface area contributed by atoms with Crippen LogP contribution in [0, 0.1) is 17.0 Å². The molecule has 1 aliphatic heterocycles. The molecular formula is C17H21N5O5. The lowest BCUT2D eigenvalue weighted by Crippen LogP contribution is -2.47. The maximum absolute atomic E-state index is 11.8. The van der Waals surface area contributed by atoms with Gasteiger partial charge < -0.3 is 14.4 Å². The number of fused-ring (bicyclic) bond motifs is 1. The summed E-state index contributed by atoms with van der Waals surface area (Å²) in [5, 5.41) is 28.9. The van der Waals surface area contributed by atoms with Crippen molar-refractivity contribution < 1.29 is 19.6 Å². The zero-order valence-electron chi connectivity index (χ0n) is 15.3. The summed E-state index contributed by atoms with van der Waals surface area (Å²) in [6, 6.07) is 3.57. The van der Waals surface area contributed by atoms with E-state index in [0.717, 1.165) is 0 Å². The van der Waals surface area contributed by atoms with Crippen LogP contribution in [0.2, 0.25) is 0 Å². The molecule has 0 saturated carbocycles. The molecule has 144 valence electrons. The van der Waals surface area contributed by atoms with Crippen molar-refractivity contribution in [3.8, 4) is 5.75 Å². The quantitative estimate of drug-likeness (QED) is 0.598. The molecule has 3 rings (SSSR count). The summed E-state index contributed by atoms with van der Waals surface area (Å²) >= 11 is 0. The van der Waals surface area contributed by atoms with Gasteiger partial charge in [0.2, 0.25) is 0 Å². The second-order valence-corrected chi connectivity index (χ2v) is 6.75. The van der Waals surface area contributed by atoms with Gasteiger partial charge in [0.15, 0.2) is 0 Å². The largest absolute Gasteiger partial charge is 0.491 e. The van der Waals surface area contributed by atoms with Gasteiger partial charge in [-0.25, -0.2) is 0 Å². The number of benzene rings is 1. The van der Waals surface area contributed by atoms with E-state index in [1.54, 1.807) is 22.5 Å². The van der Waals surface area contributed by atoms with Crippen molar-refractivity contribution in [3.63, 3.8) is 0 Å². The maximum Gasteiger partial charge on any atom is 0.322 e. The van der Waals surface area contributed by atoms with E-state index in [2.05, 4.69) is 10.2 Å². The van der Waals surface area contributed by atoms with Gasteiger partial charge in [-0.3, -0.25) is 19.8 Å². The number of carboxylic acid groups (broad SMARTS) is 1. The van der Waals surface area contributed by atoms with Crippen LogP contribution in [0.4, 0.5) is 5.69 Å². The first-order valence-electron chi connectivity index (χ1n) is 8.55. The SMILES string of the molecule is Cc1nnc2n1CC(C(=O)O)N(Cc1cc([N+](=O)[O-])ccc1OC(C)C)C2. The molecule has 10 heteroatoms. The van der Waals surface area contributed by atoms with Crippen molar-refractivity contribution in [3.05, 3.63) is 45.5 Å². The predicted molar refractivity (Wildman–Crippen MR) is 94.3 cm³/mol. The van der Waals surface area contributed by atoms with E-state index in [1.165, 1.54) is 12.1 Å².